The monoisotopic (exact) mass is 335 g/mol. The van der Waals surface area contributed by atoms with E-state index in [0.717, 1.165) is 29.9 Å². The highest BCUT2D eigenvalue weighted by molar-refractivity contribution is 5.76. The summed E-state index contributed by atoms with van der Waals surface area (Å²) in [4.78, 5) is 25.0. The molecule has 1 aromatic carbocycles. The van der Waals surface area contributed by atoms with Crippen LogP contribution in [0.5, 0.6) is 11.5 Å². The van der Waals surface area contributed by atoms with Crippen molar-refractivity contribution in [1.82, 2.24) is 4.90 Å². The highest BCUT2D eigenvalue weighted by Gasteiger charge is 2.24. The molecule has 0 atom stereocenters. The van der Waals surface area contributed by atoms with E-state index in [1.807, 2.05) is 23.1 Å². The van der Waals surface area contributed by atoms with Crippen molar-refractivity contribution in [3.05, 3.63) is 23.8 Å². The summed E-state index contributed by atoms with van der Waals surface area (Å²) < 4.78 is 10.6. The van der Waals surface area contributed by atoms with Crippen LogP contribution in [-0.2, 0) is 16.0 Å². The van der Waals surface area contributed by atoms with Gasteiger partial charge in [-0.3, -0.25) is 9.59 Å². The van der Waals surface area contributed by atoms with Crippen LogP contribution >= 0.6 is 0 Å². The average molecular weight is 335 g/mol. The second-order valence-electron chi connectivity index (χ2n) is 6.10. The van der Waals surface area contributed by atoms with Crippen LogP contribution in [0.2, 0.25) is 0 Å². The van der Waals surface area contributed by atoms with Crippen LogP contribution in [0, 0.1) is 5.92 Å². The summed E-state index contributed by atoms with van der Waals surface area (Å²) in [6.07, 6.45) is 2.73. The van der Waals surface area contributed by atoms with Crippen molar-refractivity contribution < 1.29 is 24.2 Å². The van der Waals surface area contributed by atoms with Crippen LogP contribution in [-0.4, -0.2) is 49.2 Å². The highest BCUT2D eigenvalue weighted by atomic mass is 16.5. The number of methoxy groups -OCH3 is 2. The largest absolute Gasteiger partial charge is 0.497 e. The maximum absolute atomic E-state index is 12.4. The number of piperidine rings is 1. The molecule has 2 rings (SSSR count). The van der Waals surface area contributed by atoms with Gasteiger partial charge in [-0.05, 0) is 48.9 Å². The predicted molar refractivity (Wildman–Crippen MR) is 89.4 cm³/mol. The molecule has 1 saturated heterocycles. The van der Waals surface area contributed by atoms with Gasteiger partial charge in [0.05, 0.1) is 14.2 Å². The molecule has 1 amide bonds. The summed E-state index contributed by atoms with van der Waals surface area (Å²) >= 11 is 0. The first-order chi connectivity index (χ1) is 11.5. The Bertz CT molecular complexity index is 579. The molecular weight excluding hydrogens is 310 g/mol. The fourth-order valence-electron chi connectivity index (χ4n) is 3.11. The number of aliphatic carboxylic acids is 1. The summed E-state index contributed by atoms with van der Waals surface area (Å²) in [6.45, 7) is 1.29. The minimum atomic E-state index is -0.759. The van der Waals surface area contributed by atoms with E-state index in [4.69, 9.17) is 14.6 Å². The molecule has 1 N–H and O–H groups in total. The molecule has 0 unspecified atom stereocenters. The summed E-state index contributed by atoms with van der Waals surface area (Å²) in [5.41, 5.74) is 0.950. The number of amides is 1. The quantitative estimate of drug-likeness (QED) is 0.828. The number of ether oxygens (including phenoxy) is 2. The number of hydrogen-bond donors (Lipinski definition) is 1. The number of carbonyl (C=O) groups excluding carboxylic acids is 1. The zero-order valence-electron chi connectivity index (χ0n) is 14.3. The van der Waals surface area contributed by atoms with Gasteiger partial charge < -0.3 is 19.5 Å². The lowest BCUT2D eigenvalue weighted by Crippen LogP contribution is -2.39. The predicted octanol–water partition coefficient (Wildman–Crippen LogP) is 2.35. The van der Waals surface area contributed by atoms with Crippen molar-refractivity contribution in [2.45, 2.75) is 32.1 Å². The van der Waals surface area contributed by atoms with Crippen molar-refractivity contribution >= 4 is 11.9 Å². The number of nitrogens with zero attached hydrogens (tertiary/aromatic N) is 1. The number of likely N-dealkylation sites (tertiary alicyclic amines) is 1. The molecule has 132 valence electrons. The van der Waals surface area contributed by atoms with Crippen molar-refractivity contribution in [2.75, 3.05) is 27.3 Å². The molecule has 0 spiro atoms. The first-order valence-electron chi connectivity index (χ1n) is 8.24. The average Bonchev–Trinajstić information content (AvgIpc) is 2.59. The third-order valence-electron chi connectivity index (χ3n) is 4.53. The van der Waals surface area contributed by atoms with Crippen molar-refractivity contribution in [1.29, 1.82) is 0 Å². The standard InChI is InChI=1S/C18H25NO5/c1-23-15-4-5-16(24-2)14(12-15)3-6-17(20)19-9-7-13(8-10-19)11-18(21)22/h4-5,12-13H,3,6-11H2,1-2H3,(H,21,22). The molecule has 1 aromatic rings. The highest BCUT2D eigenvalue weighted by Crippen LogP contribution is 2.26. The molecule has 6 heteroatoms. The maximum atomic E-state index is 12.4. The first kappa shape index (κ1) is 18.1. The zero-order chi connectivity index (χ0) is 17.5. The number of carboxylic acid groups (broad SMARTS) is 1. The fraction of sp³-hybridized carbons (Fsp3) is 0.556. The Morgan fingerprint density at radius 1 is 1.21 bits per heavy atom. The zero-order valence-corrected chi connectivity index (χ0v) is 14.3. The van der Waals surface area contributed by atoms with Gasteiger partial charge in [-0.2, -0.15) is 0 Å². The van der Waals surface area contributed by atoms with Gasteiger partial charge in [0.15, 0.2) is 0 Å². The van der Waals surface area contributed by atoms with Gasteiger partial charge in [0.25, 0.3) is 0 Å². The number of benzene rings is 1. The SMILES string of the molecule is COc1ccc(OC)c(CCC(=O)N2CCC(CC(=O)O)CC2)c1. The van der Waals surface area contributed by atoms with Crippen LogP contribution in [0.1, 0.15) is 31.2 Å². The molecular formula is C18H25NO5. The molecule has 1 fully saturated rings. The van der Waals surface area contributed by atoms with Crippen molar-refractivity contribution in [3.8, 4) is 11.5 Å². The number of rotatable bonds is 7. The van der Waals surface area contributed by atoms with E-state index in [-0.39, 0.29) is 18.2 Å². The van der Waals surface area contributed by atoms with Crippen LogP contribution in [0.25, 0.3) is 0 Å². The third kappa shape index (κ3) is 4.88. The van der Waals surface area contributed by atoms with E-state index in [0.29, 0.717) is 25.9 Å². The molecule has 1 heterocycles. The van der Waals surface area contributed by atoms with Crippen LogP contribution in [0.3, 0.4) is 0 Å². The number of carbonyl (C=O) groups is 2. The van der Waals surface area contributed by atoms with Gasteiger partial charge >= 0.3 is 5.97 Å². The van der Waals surface area contributed by atoms with E-state index in [1.54, 1.807) is 14.2 Å². The molecule has 24 heavy (non-hydrogen) atoms. The van der Waals surface area contributed by atoms with Crippen LogP contribution in [0.4, 0.5) is 0 Å². The number of aryl methyl sites for hydroxylation is 1. The van der Waals surface area contributed by atoms with E-state index in [2.05, 4.69) is 0 Å². The second-order valence-corrected chi connectivity index (χ2v) is 6.10. The normalized spacial score (nSPS) is 15.2. The lowest BCUT2D eigenvalue weighted by atomic mass is 9.93. The summed E-state index contributed by atoms with van der Waals surface area (Å²) in [6, 6.07) is 5.57. The Morgan fingerprint density at radius 2 is 1.92 bits per heavy atom. The Balaban J connectivity index is 1.86. The first-order valence-corrected chi connectivity index (χ1v) is 8.24. The smallest absolute Gasteiger partial charge is 0.303 e. The summed E-state index contributed by atoms with van der Waals surface area (Å²) in [7, 11) is 3.22. The summed E-state index contributed by atoms with van der Waals surface area (Å²) in [5, 5.41) is 8.84. The maximum Gasteiger partial charge on any atom is 0.303 e. The van der Waals surface area contributed by atoms with Crippen molar-refractivity contribution in [2.24, 2.45) is 5.92 Å². The van der Waals surface area contributed by atoms with Gasteiger partial charge in [0.1, 0.15) is 11.5 Å². The molecule has 0 radical (unpaired) electrons. The molecule has 6 nitrogen and oxygen atoms in total. The minimum Gasteiger partial charge on any atom is -0.497 e. The second kappa shape index (κ2) is 8.57. The molecule has 0 aliphatic carbocycles. The fourth-order valence-corrected chi connectivity index (χ4v) is 3.11. The Hall–Kier alpha value is -2.24. The topological polar surface area (TPSA) is 76.1 Å². The van der Waals surface area contributed by atoms with E-state index >= 15 is 0 Å². The van der Waals surface area contributed by atoms with Crippen LogP contribution < -0.4 is 9.47 Å². The van der Waals surface area contributed by atoms with Gasteiger partial charge in [-0.1, -0.05) is 0 Å². The Morgan fingerprint density at radius 3 is 2.50 bits per heavy atom. The molecule has 0 saturated carbocycles. The van der Waals surface area contributed by atoms with Crippen LogP contribution in [0.15, 0.2) is 18.2 Å². The number of hydrogen-bond acceptors (Lipinski definition) is 4. The van der Waals surface area contributed by atoms with Gasteiger partial charge in [-0.25, -0.2) is 0 Å². The van der Waals surface area contributed by atoms with E-state index < -0.39 is 5.97 Å². The van der Waals surface area contributed by atoms with Crippen molar-refractivity contribution in [3.63, 3.8) is 0 Å². The number of carboxylic acids is 1. The molecule has 1 aliphatic rings. The third-order valence-corrected chi connectivity index (χ3v) is 4.53. The van der Waals surface area contributed by atoms with Gasteiger partial charge in [0.2, 0.25) is 5.91 Å². The minimum absolute atomic E-state index is 0.105. The molecule has 0 aromatic heterocycles. The lowest BCUT2D eigenvalue weighted by molar-refractivity contribution is -0.138. The Kier molecular flexibility index (Phi) is 6.46. The lowest BCUT2D eigenvalue weighted by Gasteiger charge is -2.31. The Labute approximate surface area is 142 Å². The van der Waals surface area contributed by atoms with E-state index in [1.165, 1.54) is 0 Å². The molecule has 0 bridgehead atoms. The van der Waals surface area contributed by atoms with Gasteiger partial charge in [-0.15, -0.1) is 0 Å². The van der Waals surface area contributed by atoms with Gasteiger partial charge in [0, 0.05) is 25.9 Å². The molecule has 1 aliphatic heterocycles. The van der Waals surface area contributed by atoms with E-state index in [9.17, 15) is 9.59 Å². The summed E-state index contributed by atoms with van der Waals surface area (Å²) in [5.74, 6) is 1.03.